The SMILES string of the molecule is CC/C=C\C/C=C\C/C=C\C/C=C\C/C=C\CC(=O)OC(CCCCCC)CCCCCC(=O)NCC(=O)O. The van der Waals surface area contributed by atoms with Crippen LogP contribution in [0.15, 0.2) is 60.8 Å². The maximum atomic E-state index is 12.4. The maximum absolute atomic E-state index is 12.4. The Balaban J connectivity index is 4.18. The van der Waals surface area contributed by atoms with Crippen molar-refractivity contribution in [3.8, 4) is 0 Å². The van der Waals surface area contributed by atoms with E-state index in [2.05, 4.69) is 67.8 Å². The number of allylic oxidation sites excluding steroid dienone is 9. The van der Waals surface area contributed by atoms with Crippen LogP contribution in [0.3, 0.4) is 0 Å². The van der Waals surface area contributed by atoms with Crippen LogP contribution in [0.2, 0.25) is 0 Å². The first-order valence-corrected chi connectivity index (χ1v) is 14.9. The van der Waals surface area contributed by atoms with Gasteiger partial charge in [-0.05, 0) is 64.2 Å². The fourth-order valence-corrected chi connectivity index (χ4v) is 3.82. The van der Waals surface area contributed by atoms with Crippen LogP contribution in [-0.4, -0.2) is 35.6 Å². The third-order valence-electron chi connectivity index (χ3n) is 5.99. The number of carbonyl (C=O) groups excluding carboxylic acids is 2. The van der Waals surface area contributed by atoms with Gasteiger partial charge in [-0.1, -0.05) is 100 Å². The predicted octanol–water partition coefficient (Wildman–Crippen LogP) is 8.16. The minimum absolute atomic E-state index is 0.0853. The Morgan fingerprint density at radius 1 is 0.692 bits per heavy atom. The largest absolute Gasteiger partial charge is 0.480 e. The van der Waals surface area contributed by atoms with Gasteiger partial charge in [0, 0.05) is 6.42 Å². The van der Waals surface area contributed by atoms with Gasteiger partial charge in [0.15, 0.2) is 0 Å². The number of carboxylic acids is 1. The van der Waals surface area contributed by atoms with E-state index < -0.39 is 5.97 Å². The number of rotatable bonds is 25. The predicted molar refractivity (Wildman–Crippen MR) is 161 cm³/mol. The number of unbranched alkanes of at least 4 members (excludes halogenated alkanes) is 5. The molecule has 0 aliphatic rings. The number of carbonyl (C=O) groups is 3. The lowest BCUT2D eigenvalue weighted by molar-refractivity contribution is -0.148. The smallest absolute Gasteiger partial charge is 0.322 e. The van der Waals surface area contributed by atoms with Gasteiger partial charge in [0.2, 0.25) is 5.91 Å². The molecule has 0 aromatic heterocycles. The van der Waals surface area contributed by atoms with Crippen molar-refractivity contribution in [1.29, 1.82) is 0 Å². The van der Waals surface area contributed by atoms with Gasteiger partial charge in [0.1, 0.15) is 12.6 Å². The van der Waals surface area contributed by atoms with Gasteiger partial charge in [0.25, 0.3) is 0 Å². The Morgan fingerprint density at radius 3 is 1.72 bits per heavy atom. The summed E-state index contributed by atoms with van der Waals surface area (Å²) in [4.78, 5) is 34.5. The molecule has 6 nitrogen and oxygen atoms in total. The van der Waals surface area contributed by atoms with Crippen LogP contribution in [0.4, 0.5) is 0 Å². The summed E-state index contributed by atoms with van der Waals surface area (Å²) in [6.07, 6.45) is 35.1. The van der Waals surface area contributed by atoms with E-state index in [9.17, 15) is 14.4 Å². The second kappa shape index (κ2) is 28.1. The third kappa shape index (κ3) is 27.9. The molecule has 0 aliphatic heterocycles. The Kier molecular flexibility index (Phi) is 26.0. The van der Waals surface area contributed by atoms with E-state index >= 15 is 0 Å². The molecule has 0 aromatic rings. The van der Waals surface area contributed by atoms with Crippen molar-refractivity contribution in [2.24, 2.45) is 0 Å². The molecule has 0 aromatic carbocycles. The minimum Gasteiger partial charge on any atom is -0.480 e. The van der Waals surface area contributed by atoms with Gasteiger partial charge in [-0.15, -0.1) is 0 Å². The number of ether oxygens (including phenoxy) is 1. The first-order chi connectivity index (χ1) is 19.0. The first-order valence-electron chi connectivity index (χ1n) is 14.9. The summed E-state index contributed by atoms with van der Waals surface area (Å²) in [5, 5.41) is 11.0. The van der Waals surface area contributed by atoms with Gasteiger partial charge < -0.3 is 15.2 Å². The van der Waals surface area contributed by atoms with Crippen molar-refractivity contribution < 1.29 is 24.2 Å². The maximum Gasteiger partial charge on any atom is 0.322 e. The van der Waals surface area contributed by atoms with E-state index in [0.29, 0.717) is 12.8 Å². The normalized spacial score (nSPS) is 12.9. The first kappa shape index (κ1) is 36.1. The van der Waals surface area contributed by atoms with Crippen LogP contribution in [-0.2, 0) is 19.1 Å². The standard InChI is InChI=1S/C33H53NO5/c1-3-5-7-9-10-11-12-13-14-15-16-17-18-19-24-28-33(38)39-30(25-21-8-6-4-2)26-22-20-23-27-31(35)34-29-32(36)37/h5,7,10-11,13-14,16-17,19,24,30H,3-4,6,8-9,12,15,18,20-23,25-29H2,1-2H3,(H,34,35)(H,36,37)/b7-5-,11-10-,14-13-,17-16-,24-19-. The van der Waals surface area contributed by atoms with Crippen molar-refractivity contribution in [3.63, 3.8) is 0 Å². The molecule has 220 valence electrons. The molecule has 0 spiro atoms. The molecule has 1 atom stereocenters. The van der Waals surface area contributed by atoms with Crippen LogP contribution in [0.1, 0.15) is 117 Å². The van der Waals surface area contributed by atoms with E-state index in [1.54, 1.807) is 0 Å². The van der Waals surface area contributed by atoms with E-state index in [4.69, 9.17) is 9.84 Å². The zero-order chi connectivity index (χ0) is 28.8. The van der Waals surface area contributed by atoms with Crippen molar-refractivity contribution in [2.45, 2.75) is 123 Å². The summed E-state index contributed by atoms with van der Waals surface area (Å²) in [6, 6.07) is 0. The summed E-state index contributed by atoms with van der Waals surface area (Å²) in [6.45, 7) is 3.97. The molecule has 0 aliphatic carbocycles. The molecule has 0 rings (SSSR count). The van der Waals surface area contributed by atoms with Gasteiger partial charge in [-0.25, -0.2) is 0 Å². The van der Waals surface area contributed by atoms with Crippen molar-refractivity contribution in [3.05, 3.63) is 60.8 Å². The molecule has 1 amide bonds. The highest BCUT2D eigenvalue weighted by Crippen LogP contribution is 2.16. The highest BCUT2D eigenvalue weighted by molar-refractivity contribution is 5.80. The lowest BCUT2D eigenvalue weighted by Crippen LogP contribution is -2.28. The average molecular weight is 544 g/mol. The summed E-state index contributed by atoms with van der Waals surface area (Å²) >= 11 is 0. The van der Waals surface area contributed by atoms with Crippen LogP contribution >= 0.6 is 0 Å². The number of aliphatic carboxylic acids is 1. The topological polar surface area (TPSA) is 92.7 Å². The van der Waals surface area contributed by atoms with Crippen molar-refractivity contribution >= 4 is 17.8 Å². The fraction of sp³-hybridized carbons (Fsp3) is 0.606. The highest BCUT2D eigenvalue weighted by atomic mass is 16.5. The molecular formula is C33H53NO5. The van der Waals surface area contributed by atoms with Gasteiger partial charge >= 0.3 is 11.9 Å². The van der Waals surface area contributed by atoms with Gasteiger partial charge in [-0.2, -0.15) is 0 Å². The molecule has 2 N–H and O–H groups in total. The summed E-state index contributed by atoms with van der Waals surface area (Å²) in [5.41, 5.74) is 0. The average Bonchev–Trinajstić information content (AvgIpc) is 2.91. The fourth-order valence-electron chi connectivity index (χ4n) is 3.82. The Labute approximate surface area is 237 Å². The van der Waals surface area contributed by atoms with E-state index in [1.165, 1.54) is 12.8 Å². The summed E-state index contributed by atoms with van der Waals surface area (Å²) < 4.78 is 5.77. The lowest BCUT2D eigenvalue weighted by atomic mass is 10.0. The quantitative estimate of drug-likeness (QED) is 0.0688. The zero-order valence-electron chi connectivity index (χ0n) is 24.5. The van der Waals surface area contributed by atoms with Gasteiger partial charge in [-0.3, -0.25) is 14.4 Å². The molecule has 0 radical (unpaired) electrons. The van der Waals surface area contributed by atoms with Crippen LogP contribution < -0.4 is 5.32 Å². The molecule has 0 saturated carbocycles. The third-order valence-corrected chi connectivity index (χ3v) is 5.99. The van der Waals surface area contributed by atoms with E-state index in [1.807, 2.05) is 12.2 Å². The Hall–Kier alpha value is -2.89. The Morgan fingerprint density at radius 2 is 1.21 bits per heavy atom. The van der Waals surface area contributed by atoms with Crippen LogP contribution in [0.5, 0.6) is 0 Å². The second-order valence-corrected chi connectivity index (χ2v) is 9.64. The second-order valence-electron chi connectivity index (χ2n) is 9.64. The van der Waals surface area contributed by atoms with E-state index in [0.717, 1.165) is 70.6 Å². The number of nitrogens with one attached hydrogen (secondary N) is 1. The molecule has 6 heteroatoms. The van der Waals surface area contributed by atoms with Crippen LogP contribution in [0, 0.1) is 0 Å². The number of carboxylic acid groups (broad SMARTS) is 1. The monoisotopic (exact) mass is 543 g/mol. The molecule has 1 unspecified atom stereocenters. The Bertz CT molecular complexity index is 779. The molecule has 39 heavy (non-hydrogen) atoms. The number of hydrogen-bond donors (Lipinski definition) is 2. The molecular weight excluding hydrogens is 490 g/mol. The van der Waals surface area contributed by atoms with Crippen molar-refractivity contribution in [1.82, 2.24) is 5.32 Å². The highest BCUT2D eigenvalue weighted by Gasteiger charge is 2.13. The number of esters is 1. The van der Waals surface area contributed by atoms with E-state index in [-0.39, 0.29) is 30.9 Å². The molecule has 0 heterocycles. The lowest BCUT2D eigenvalue weighted by Gasteiger charge is -2.17. The minimum atomic E-state index is -1.04. The molecule has 0 fully saturated rings. The van der Waals surface area contributed by atoms with Crippen LogP contribution in [0.25, 0.3) is 0 Å². The van der Waals surface area contributed by atoms with Gasteiger partial charge in [0.05, 0.1) is 6.42 Å². The molecule has 0 saturated heterocycles. The summed E-state index contributed by atoms with van der Waals surface area (Å²) in [5.74, 6) is -1.47. The number of hydrogen-bond acceptors (Lipinski definition) is 4. The summed E-state index contributed by atoms with van der Waals surface area (Å²) in [7, 11) is 0. The molecule has 0 bridgehead atoms. The number of amides is 1. The zero-order valence-corrected chi connectivity index (χ0v) is 24.5. The van der Waals surface area contributed by atoms with Crippen molar-refractivity contribution in [2.75, 3.05) is 6.54 Å².